The third-order valence-corrected chi connectivity index (χ3v) is 3.58. The monoisotopic (exact) mass is 274 g/mol. The maximum atomic E-state index is 12.3. The Morgan fingerprint density at radius 1 is 1.30 bits per heavy atom. The van der Waals surface area contributed by atoms with Crippen molar-refractivity contribution < 1.29 is 14.7 Å². The first-order valence-corrected chi connectivity index (χ1v) is 6.68. The molecule has 0 fully saturated rings. The van der Waals surface area contributed by atoms with Crippen LogP contribution in [0.1, 0.15) is 31.5 Å². The minimum Gasteiger partial charge on any atom is -0.481 e. The Morgan fingerprint density at radius 3 is 2.60 bits per heavy atom. The van der Waals surface area contributed by atoms with Crippen molar-refractivity contribution in [2.24, 2.45) is 11.8 Å². The Labute approximate surface area is 117 Å². The molecule has 1 aromatic heterocycles. The van der Waals surface area contributed by atoms with Gasteiger partial charge in [-0.25, -0.2) is 0 Å². The third kappa shape index (κ3) is 3.23. The molecule has 0 aromatic carbocycles. The van der Waals surface area contributed by atoms with Crippen LogP contribution in [0.15, 0.2) is 36.5 Å². The molecule has 0 saturated heterocycles. The first kappa shape index (κ1) is 14.2. The van der Waals surface area contributed by atoms with Crippen molar-refractivity contribution in [2.45, 2.75) is 25.8 Å². The second-order valence-electron chi connectivity index (χ2n) is 4.98. The van der Waals surface area contributed by atoms with Crippen LogP contribution in [-0.2, 0) is 9.59 Å². The molecule has 0 bridgehead atoms. The fraction of sp³-hybridized carbons (Fsp3) is 0.400. The van der Waals surface area contributed by atoms with Gasteiger partial charge < -0.3 is 10.4 Å². The highest BCUT2D eigenvalue weighted by Gasteiger charge is 2.34. The Bertz CT molecular complexity index is 513. The van der Waals surface area contributed by atoms with Crippen molar-refractivity contribution >= 4 is 11.9 Å². The van der Waals surface area contributed by atoms with Crippen LogP contribution in [0.4, 0.5) is 0 Å². The van der Waals surface area contributed by atoms with Crippen LogP contribution in [-0.4, -0.2) is 22.0 Å². The van der Waals surface area contributed by atoms with Gasteiger partial charge in [-0.15, -0.1) is 0 Å². The number of rotatable bonds is 4. The van der Waals surface area contributed by atoms with Crippen molar-refractivity contribution in [3.63, 3.8) is 0 Å². The highest BCUT2D eigenvalue weighted by molar-refractivity contribution is 5.85. The molecule has 0 spiro atoms. The fourth-order valence-electron chi connectivity index (χ4n) is 2.40. The predicted molar refractivity (Wildman–Crippen MR) is 73.8 cm³/mol. The third-order valence-electron chi connectivity index (χ3n) is 3.58. The summed E-state index contributed by atoms with van der Waals surface area (Å²) in [7, 11) is 0. The van der Waals surface area contributed by atoms with Crippen molar-refractivity contribution in [3.8, 4) is 0 Å². The van der Waals surface area contributed by atoms with Gasteiger partial charge in [-0.05, 0) is 31.9 Å². The van der Waals surface area contributed by atoms with Crippen molar-refractivity contribution in [2.75, 3.05) is 0 Å². The van der Waals surface area contributed by atoms with E-state index in [0.29, 0.717) is 12.8 Å². The Kier molecular flexibility index (Phi) is 4.50. The summed E-state index contributed by atoms with van der Waals surface area (Å²) in [4.78, 5) is 27.6. The molecular weight excluding hydrogens is 256 g/mol. The van der Waals surface area contributed by atoms with Crippen LogP contribution in [0.2, 0.25) is 0 Å². The Morgan fingerprint density at radius 2 is 2.00 bits per heavy atom. The lowest BCUT2D eigenvalue weighted by molar-refractivity contribution is -0.147. The number of aliphatic carboxylic acids is 1. The van der Waals surface area contributed by atoms with Crippen LogP contribution >= 0.6 is 0 Å². The first-order valence-electron chi connectivity index (χ1n) is 6.68. The van der Waals surface area contributed by atoms with Crippen molar-refractivity contribution in [3.05, 3.63) is 42.2 Å². The topological polar surface area (TPSA) is 79.3 Å². The quantitative estimate of drug-likeness (QED) is 0.822. The van der Waals surface area contributed by atoms with Gasteiger partial charge in [0.15, 0.2) is 0 Å². The van der Waals surface area contributed by atoms with Gasteiger partial charge in [0.2, 0.25) is 5.91 Å². The number of carbonyl (C=O) groups excluding carboxylic acids is 1. The van der Waals surface area contributed by atoms with E-state index in [-0.39, 0.29) is 11.9 Å². The largest absolute Gasteiger partial charge is 0.481 e. The molecule has 3 atom stereocenters. The van der Waals surface area contributed by atoms with Gasteiger partial charge in [0.05, 0.1) is 23.6 Å². The van der Waals surface area contributed by atoms with E-state index in [1.165, 1.54) is 0 Å². The molecule has 0 radical (unpaired) electrons. The second kappa shape index (κ2) is 6.32. The normalized spacial score (nSPS) is 23.1. The van der Waals surface area contributed by atoms with Crippen LogP contribution < -0.4 is 5.32 Å². The molecule has 1 aromatic rings. The van der Waals surface area contributed by atoms with Gasteiger partial charge >= 0.3 is 5.97 Å². The molecule has 1 heterocycles. The zero-order chi connectivity index (χ0) is 14.5. The van der Waals surface area contributed by atoms with Gasteiger partial charge in [-0.3, -0.25) is 14.6 Å². The molecule has 1 aliphatic rings. The molecular formula is C15H18N2O3. The minimum atomic E-state index is -0.917. The van der Waals surface area contributed by atoms with E-state index in [1.807, 2.05) is 37.3 Å². The van der Waals surface area contributed by atoms with Gasteiger partial charge in [0, 0.05) is 6.20 Å². The number of pyridine rings is 1. The number of aromatic nitrogens is 1. The predicted octanol–water partition coefficient (Wildman–Crippen LogP) is 1.93. The van der Waals surface area contributed by atoms with Gasteiger partial charge in [0.25, 0.3) is 0 Å². The number of nitrogens with zero attached hydrogens (tertiary/aromatic N) is 1. The number of carboxylic acid groups (broad SMARTS) is 1. The summed E-state index contributed by atoms with van der Waals surface area (Å²) in [6, 6.07) is 5.27. The maximum Gasteiger partial charge on any atom is 0.307 e. The highest BCUT2D eigenvalue weighted by atomic mass is 16.4. The fourth-order valence-corrected chi connectivity index (χ4v) is 2.40. The second-order valence-corrected chi connectivity index (χ2v) is 4.98. The maximum absolute atomic E-state index is 12.3. The van der Waals surface area contributed by atoms with Crippen molar-refractivity contribution in [1.29, 1.82) is 0 Å². The van der Waals surface area contributed by atoms with Crippen LogP contribution in [0.25, 0.3) is 0 Å². The summed E-state index contributed by atoms with van der Waals surface area (Å²) in [5.41, 5.74) is 0.763. The van der Waals surface area contributed by atoms with Gasteiger partial charge in [-0.2, -0.15) is 0 Å². The average molecular weight is 274 g/mol. The van der Waals surface area contributed by atoms with E-state index < -0.39 is 17.8 Å². The zero-order valence-corrected chi connectivity index (χ0v) is 11.3. The lowest BCUT2D eigenvalue weighted by Crippen LogP contribution is -2.39. The molecule has 2 N–H and O–H groups in total. The molecule has 2 rings (SSSR count). The average Bonchev–Trinajstić information content (AvgIpc) is 2.48. The standard InChI is InChI=1S/C15H18N2O3/c1-10(13-8-4-5-9-16-13)17-14(18)11-6-2-3-7-12(11)15(19)20/h2-5,8-12H,6-7H2,1H3,(H,17,18)(H,19,20)/t10-,11+,12-/m0/s1. The Balaban J connectivity index is 2.04. The van der Waals surface area contributed by atoms with E-state index in [9.17, 15) is 14.7 Å². The number of carboxylic acids is 1. The molecule has 1 amide bonds. The van der Waals surface area contributed by atoms with Gasteiger partial charge in [0.1, 0.15) is 0 Å². The molecule has 0 unspecified atom stereocenters. The van der Waals surface area contributed by atoms with Crippen LogP contribution in [0.5, 0.6) is 0 Å². The van der Waals surface area contributed by atoms with Crippen LogP contribution in [0.3, 0.4) is 0 Å². The highest BCUT2D eigenvalue weighted by Crippen LogP contribution is 2.26. The Hall–Kier alpha value is -2.17. The summed E-state index contributed by atoms with van der Waals surface area (Å²) in [5.74, 6) is -2.29. The SMILES string of the molecule is C[C@H](NC(=O)[C@@H]1CC=CC[C@@H]1C(=O)O)c1ccccn1. The minimum absolute atomic E-state index is 0.222. The summed E-state index contributed by atoms with van der Waals surface area (Å²) in [5, 5.41) is 12.0. The summed E-state index contributed by atoms with van der Waals surface area (Å²) >= 11 is 0. The van der Waals surface area contributed by atoms with Gasteiger partial charge in [-0.1, -0.05) is 18.2 Å². The van der Waals surface area contributed by atoms with E-state index in [0.717, 1.165) is 5.69 Å². The van der Waals surface area contributed by atoms with E-state index in [1.54, 1.807) is 6.20 Å². The lowest BCUT2D eigenvalue weighted by Gasteiger charge is -2.25. The molecule has 5 nitrogen and oxygen atoms in total. The zero-order valence-electron chi connectivity index (χ0n) is 11.3. The van der Waals surface area contributed by atoms with Crippen LogP contribution in [0, 0.1) is 11.8 Å². The van der Waals surface area contributed by atoms with E-state index >= 15 is 0 Å². The molecule has 20 heavy (non-hydrogen) atoms. The number of allylic oxidation sites excluding steroid dienone is 2. The van der Waals surface area contributed by atoms with E-state index in [4.69, 9.17) is 0 Å². The van der Waals surface area contributed by atoms with E-state index in [2.05, 4.69) is 10.3 Å². The summed E-state index contributed by atoms with van der Waals surface area (Å²) in [6.45, 7) is 1.84. The lowest BCUT2D eigenvalue weighted by atomic mass is 9.82. The molecule has 0 saturated carbocycles. The first-order chi connectivity index (χ1) is 9.59. The molecule has 106 valence electrons. The molecule has 1 aliphatic carbocycles. The number of hydrogen-bond donors (Lipinski definition) is 2. The number of hydrogen-bond acceptors (Lipinski definition) is 3. The van der Waals surface area contributed by atoms with Crippen molar-refractivity contribution in [1.82, 2.24) is 10.3 Å². The smallest absolute Gasteiger partial charge is 0.307 e. The summed E-state index contributed by atoms with van der Waals surface area (Å²) < 4.78 is 0. The summed E-state index contributed by atoms with van der Waals surface area (Å²) in [6.07, 6.45) is 6.24. The number of nitrogens with one attached hydrogen (secondary N) is 1. The number of carbonyl (C=O) groups is 2. The number of amides is 1. The molecule has 0 aliphatic heterocycles. The molecule has 5 heteroatoms.